The van der Waals surface area contributed by atoms with E-state index < -0.39 is 5.97 Å². The molecular weight excluding hydrogens is 218 g/mol. The third kappa shape index (κ3) is 2.50. The first-order chi connectivity index (χ1) is 8.18. The summed E-state index contributed by atoms with van der Waals surface area (Å²) in [4.78, 5) is 12.3. The number of fused-ring (bicyclic) bond motifs is 1. The molecule has 1 aromatic heterocycles. The molecule has 1 aromatic carbocycles. The van der Waals surface area contributed by atoms with Gasteiger partial charge in [0.1, 0.15) is 0 Å². The molecular formula is C12H13N3O2. The number of nitrogens with zero attached hydrogens (tertiary/aromatic N) is 3. The zero-order chi connectivity index (χ0) is 12.3. The number of aromatic nitrogens is 2. The van der Waals surface area contributed by atoms with Crippen molar-refractivity contribution in [3.63, 3.8) is 0 Å². The molecule has 0 bridgehead atoms. The van der Waals surface area contributed by atoms with Crippen LogP contribution in [0.5, 0.6) is 0 Å². The Hall–Kier alpha value is -2.17. The average Bonchev–Trinajstić information content (AvgIpc) is 2.35. The lowest BCUT2D eigenvalue weighted by atomic mass is 10.2. The van der Waals surface area contributed by atoms with Crippen LogP contribution in [0.1, 0.15) is 6.42 Å². The van der Waals surface area contributed by atoms with Crippen molar-refractivity contribution in [1.82, 2.24) is 10.2 Å². The van der Waals surface area contributed by atoms with Gasteiger partial charge in [-0.3, -0.25) is 4.79 Å². The predicted molar refractivity (Wildman–Crippen MR) is 65.1 cm³/mol. The van der Waals surface area contributed by atoms with Crippen molar-refractivity contribution in [2.75, 3.05) is 18.5 Å². The van der Waals surface area contributed by atoms with E-state index in [2.05, 4.69) is 10.2 Å². The van der Waals surface area contributed by atoms with E-state index >= 15 is 0 Å². The molecule has 0 saturated carbocycles. The molecule has 0 saturated heterocycles. The SMILES string of the molecule is CN(CCC(=O)O)c1nncc2ccccc12. The number of hydrogen-bond donors (Lipinski definition) is 1. The highest BCUT2D eigenvalue weighted by atomic mass is 16.4. The van der Waals surface area contributed by atoms with Gasteiger partial charge in [0.15, 0.2) is 5.82 Å². The first-order valence-electron chi connectivity index (χ1n) is 5.32. The first kappa shape index (κ1) is 11.3. The van der Waals surface area contributed by atoms with Gasteiger partial charge in [0.25, 0.3) is 0 Å². The zero-order valence-electron chi connectivity index (χ0n) is 9.50. The minimum Gasteiger partial charge on any atom is -0.481 e. The Kier molecular flexibility index (Phi) is 3.18. The third-order valence-corrected chi connectivity index (χ3v) is 2.57. The van der Waals surface area contributed by atoms with Crippen molar-refractivity contribution in [3.05, 3.63) is 30.5 Å². The Labute approximate surface area is 98.7 Å². The normalized spacial score (nSPS) is 10.4. The molecule has 1 heterocycles. The van der Waals surface area contributed by atoms with Gasteiger partial charge in [-0.05, 0) is 0 Å². The van der Waals surface area contributed by atoms with Crippen LogP contribution < -0.4 is 4.90 Å². The molecule has 5 nitrogen and oxygen atoms in total. The molecule has 0 unspecified atom stereocenters. The Morgan fingerprint density at radius 3 is 2.94 bits per heavy atom. The van der Waals surface area contributed by atoms with E-state index in [9.17, 15) is 4.79 Å². The molecule has 5 heteroatoms. The van der Waals surface area contributed by atoms with E-state index in [1.54, 1.807) is 6.20 Å². The van der Waals surface area contributed by atoms with E-state index in [1.165, 1.54) is 0 Å². The van der Waals surface area contributed by atoms with Crippen molar-refractivity contribution in [2.24, 2.45) is 0 Å². The van der Waals surface area contributed by atoms with Crippen LogP contribution in [0.25, 0.3) is 10.8 Å². The summed E-state index contributed by atoms with van der Waals surface area (Å²) in [6, 6.07) is 7.78. The van der Waals surface area contributed by atoms with Crippen molar-refractivity contribution < 1.29 is 9.90 Å². The molecule has 88 valence electrons. The highest BCUT2D eigenvalue weighted by Gasteiger charge is 2.09. The van der Waals surface area contributed by atoms with Crippen LogP contribution in [0.15, 0.2) is 30.5 Å². The van der Waals surface area contributed by atoms with Crippen LogP contribution in [-0.2, 0) is 4.79 Å². The van der Waals surface area contributed by atoms with Crippen molar-refractivity contribution in [3.8, 4) is 0 Å². The molecule has 0 fully saturated rings. The number of carbonyl (C=O) groups is 1. The first-order valence-corrected chi connectivity index (χ1v) is 5.32. The van der Waals surface area contributed by atoms with Gasteiger partial charge in [0, 0.05) is 24.4 Å². The van der Waals surface area contributed by atoms with E-state index in [4.69, 9.17) is 5.11 Å². The maximum Gasteiger partial charge on any atom is 0.305 e. The van der Waals surface area contributed by atoms with Crippen LogP contribution in [0.3, 0.4) is 0 Å². The maximum atomic E-state index is 10.5. The second kappa shape index (κ2) is 4.78. The number of benzene rings is 1. The number of carboxylic acid groups (broad SMARTS) is 1. The Morgan fingerprint density at radius 1 is 1.41 bits per heavy atom. The fourth-order valence-electron chi connectivity index (χ4n) is 1.66. The molecule has 2 rings (SSSR count). The summed E-state index contributed by atoms with van der Waals surface area (Å²) >= 11 is 0. The Morgan fingerprint density at radius 2 is 2.18 bits per heavy atom. The molecule has 0 radical (unpaired) electrons. The number of rotatable bonds is 4. The average molecular weight is 231 g/mol. The number of hydrogen-bond acceptors (Lipinski definition) is 4. The van der Waals surface area contributed by atoms with Crippen molar-refractivity contribution >= 4 is 22.6 Å². The minimum atomic E-state index is -0.815. The summed E-state index contributed by atoms with van der Waals surface area (Å²) in [7, 11) is 1.82. The molecule has 1 N–H and O–H groups in total. The summed E-state index contributed by atoms with van der Waals surface area (Å²) in [6.45, 7) is 0.415. The van der Waals surface area contributed by atoms with Gasteiger partial charge in [-0.25, -0.2) is 0 Å². The van der Waals surface area contributed by atoms with Gasteiger partial charge in [-0.1, -0.05) is 24.3 Å². The monoisotopic (exact) mass is 231 g/mol. The summed E-state index contributed by atoms with van der Waals surface area (Å²) in [5.41, 5.74) is 0. The number of anilines is 1. The third-order valence-electron chi connectivity index (χ3n) is 2.57. The van der Waals surface area contributed by atoms with Gasteiger partial charge in [-0.15, -0.1) is 5.10 Å². The van der Waals surface area contributed by atoms with E-state index in [1.807, 2.05) is 36.2 Å². The van der Waals surface area contributed by atoms with E-state index in [-0.39, 0.29) is 6.42 Å². The molecule has 0 atom stereocenters. The second-order valence-electron chi connectivity index (χ2n) is 3.82. The lowest BCUT2D eigenvalue weighted by Crippen LogP contribution is -2.22. The van der Waals surface area contributed by atoms with Gasteiger partial charge >= 0.3 is 5.97 Å². The molecule has 0 aliphatic carbocycles. The highest BCUT2D eigenvalue weighted by Crippen LogP contribution is 2.21. The van der Waals surface area contributed by atoms with Gasteiger partial charge < -0.3 is 10.0 Å². The molecule has 0 spiro atoms. The standard InChI is InChI=1S/C12H13N3O2/c1-15(7-6-11(16)17)12-10-5-3-2-4-9(10)8-13-14-12/h2-5,8H,6-7H2,1H3,(H,16,17). The largest absolute Gasteiger partial charge is 0.481 e. The number of carboxylic acids is 1. The van der Waals surface area contributed by atoms with E-state index in [0.717, 1.165) is 10.8 Å². The topological polar surface area (TPSA) is 66.3 Å². The predicted octanol–water partition coefficient (Wildman–Crippen LogP) is 1.54. The summed E-state index contributed by atoms with van der Waals surface area (Å²) in [5.74, 6) is -0.102. The molecule has 0 aliphatic heterocycles. The van der Waals surface area contributed by atoms with Crippen molar-refractivity contribution in [2.45, 2.75) is 6.42 Å². The van der Waals surface area contributed by atoms with E-state index in [0.29, 0.717) is 12.4 Å². The van der Waals surface area contributed by atoms with Gasteiger partial charge in [-0.2, -0.15) is 5.10 Å². The van der Waals surface area contributed by atoms with Crippen LogP contribution in [-0.4, -0.2) is 34.9 Å². The Balaban J connectivity index is 2.31. The summed E-state index contributed by atoms with van der Waals surface area (Å²) < 4.78 is 0. The maximum absolute atomic E-state index is 10.5. The quantitative estimate of drug-likeness (QED) is 0.864. The fraction of sp³-hybridized carbons (Fsp3) is 0.250. The lowest BCUT2D eigenvalue weighted by molar-refractivity contribution is -0.136. The van der Waals surface area contributed by atoms with Crippen LogP contribution in [0, 0.1) is 0 Å². The lowest BCUT2D eigenvalue weighted by Gasteiger charge is -2.17. The Bertz CT molecular complexity index is 537. The molecule has 17 heavy (non-hydrogen) atoms. The minimum absolute atomic E-state index is 0.0847. The number of aliphatic carboxylic acids is 1. The second-order valence-corrected chi connectivity index (χ2v) is 3.82. The zero-order valence-corrected chi connectivity index (χ0v) is 9.50. The van der Waals surface area contributed by atoms with Gasteiger partial charge in [0.2, 0.25) is 0 Å². The fourth-order valence-corrected chi connectivity index (χ4v) is 1.66. The molecule has 2 aromatic rings. The highest BCUT2D eigenvalue weighted by molar-refractivity contribution is 5.91. The molecule has 0 aliphatic rings. The van der Waals surface area contributed by atoms with Gasteiger partial charge in [0.05, 0.1) is 12.6 Å². The van der Waals surface area contributed by atoms with Crippen LogP contribution in [0.2, 0.25) is 0 Å². The van der Waals surface area contributed by atoms with Crippen molar-refractivity contribution in [1.29, 1.82) is 0 Å². The summed E-state index contributed by atoms with van der Waals surface area (Å²) in [5, 5.41) is 18.6. The molecule has 0 amide bonds. The smallest absolute Gasteiger partial charge is 0.305 e. The summed E-state index contributed by atoms with van der Waals surface area (Å²) in [6.07, 6.45) is 1.78. The van der Waals surface area contributed by atoms with Crippen LogP contribution in [0.4, 0.5) is 5.82 Å². The van der Waals surface area contributed by atoms with Crippen LogP contribution >= 0.6 is 0 Å².